The van der Waals surface area contributed by atoms with Gasteiger partial charge >= 0.3 is 0 Å². The molecule has 0 atom stereocenters. The number of fused-ring (bicyclic) bond motifs is 1. The van der Waals surface area contributed by atoms with Crippen LogP contribution in [0.3, 0.4) is 0 Å². The average Bonchev–Trinajstić information content (AvgIpc) is 3.52. The number of benzene rings is 2. The van der Waals surface area contributed by atoms with Crippen molar-refractivity contribution in [1.82, 2.24) is 4.57 Å². The molecule has 0 radical (unpaired) electrons. The Kier molecular flexibility index (Phi) is 6.99. The minimum Gasteiger partial charge on any atom is -0.337 e. The van der Waals surface area contributed by atoms with E-state index in [9.17, 15) is 4.79 Å². The maximum atomic E-state index is 13.5. The average molecular weight is 539 g/mol. The lowest BCUT2D eigenvalue weighted by Gasteiger charge is -2.12. The summed E-state index contributed by atoms with van der Waals surface area (Å²) in [6.45, 7) is 7.86. The van der Waals surface area contributed by atoms with Crippen LogP contribution >= 0.6 is 46.2 Å². The fourth-order valence-corrected chi connectivity index (χ4v) is 8.23. The Hall–Kier alpha value is -2.26. The van der Waals surface area contributed by atoms with E-state index in [0.717, 1.165) is 31.5 Å². The molecule has 1 aliphatic heterocycles. The van der Waals surface area contributed by atoms with Gasteiger partial charge in [0.05, 0.1) is 17.1 Å². The molecule has 0 saturated heterocycles. The topological polar surface area (TPSA) is 29.1 Å². The summed E-state index contributed by atoms with van der Waals surface area (Å²) in [5.74, 6) is 0. The number of aromatic nitrogens is 2. The third-order valence-electron chi connectivity index (χ3n) is 6.39. The summed E-state index contributed by atoms with van der Waals surface area (Å²) in [5, 5.41) is 4.29. The molecule has 0 unspecified atom stereocenters. The second kappa shape index (κ2) is 10.0. The van der Waals surface area contributed by atoms with Crippen molar-refractivity contribution in [1.29, 1.82) is 0 Å². The molecule has 4 aromatic rings. The molecule has 35 heavy (non-hydrogen) atoms. The summed E-state index contributed by atoms with van der Waals surface area (Å²) in [7, 11) is 2.06. The van der Waals surface area contributed by atoms with E-state index in [0.29, 0.717) is 6.54 Å². The lowest BCUT2D eigenvalue weighted by molar-refractivity contribution is -0.685. The number of nitrogens with zero attached hydrogens (tertiary/aromatic N) is 3. The van der Waals surface area contributed by atoms with Crippen LogP contribution in [0.15, 0.2) is 62.6 Å². The Morgan fingerprint density at radius 3 is 2.63 bits per heavy atom. The highest BCUT2D eigenvalue weighted by Crippen LogP contribution is 2.46. The van der Waals surface area contributed by atoms with Crippen LogP contribution in [0.25, 0.3) is 11.1 Å². The van der Waals surface area contributed by atoms with Gasteiger partial charge in [0, 0.05) is 28.9 Å². The Morgan fingerprint density at radius 2 is 1.91 bits per heavy atom. The fraction of sp³-hybridized carbons (Fsp3) is 0.259. The Labute approximate surface area is 222 Å². The molecule has 0 aliphatic carbocycles. The van der Waals surface area contributed by atoms with Crippen LogP contribution in [0.1, 0.15) is 28.6 Å². The second-order valence-corrected chi connectivity index (χ2v) is 12.4. The van der Waals surface area contributed by atoms with Gasteiger partial charge in [-0.25, -0.2) is 0 Å². The maximum Gasteiger partial charge on any atom is 0.271 e. The van der Waals surface area contributed by atoms with Crippen molar-refractivity contribution in [2.24, 2.45) is 0 Å². The summed E-state index contributed by atoms with van der Waals surface area (Å²) in [6, 6.07) is 13.0. The molecule has 2 aromatic heterocycles. The molecular weight excluding hydrogens is 511 g/mol. The van der Waals surface area contributed by atoms with E-state index in [2.05, 4.69) is 90.7 Å². The second-order valence-electron chi connectivity index (χ2n) is 8.50. The zero-order chi connectivity index (χ0) is 24.7. The zero-order valence-corrected chi connectivity index (χ0v) is 23.8. The van der Waals surface area contributed by atoms with Gasteiger partial charge in [-0.05, 0) is 56.4 Å². The largest absolute Gasteiger partial charge is 0.337 e. The van der Waals surface area contributed by atoms with E-state index in [1.54, 1.807) is 46.2 Å². The first-order valence-electron chi connectivity index (χ1n) is 11.5. The van der Waals surface area contributed by atoms with Gasteiger partial charge in [0.15, 0.2) is 12.7 Å². The molecule has 5 rings (SSSR count). The summed E-state index contributed by atoms with van der Waals surface area (Å²) < 4.78 is 5.99. The van der Waals surface area contributed by atoms with E-state index in [4.69, 9.17) is 0 Å². The van der Waals surface area contributed by atoms with Crippen molar-refractivity contribution in [3.05, 3.63) is 89.2 Å². The lowest BCUT2D eigenvalue weighted by Crippen LogP contribution is -2.36. The highest BCUT2D eigenvalue weighted by Gasteiger charge is 2.25. The van der Waals surface area contributed by atoms with Crippen molar-refractivity contribution in [2.75, 3.05) is 18.2 Å². The van der Waals surface area contributed by atoms with Crippen molar-refractivity contribution < 1.29 is 4.57 Å². The van der Waals surface area contributed by atoms with Crippen molar-refractivity contribution in [3.8, 4) is 0 Å². The third-order valence-corrected chi connectivity index (χ3v) is 10.4. The van der Waals surface area contributed by atoms with Crippen molar-refractivity contribution >= 4 is 63.0 Å². The Morgan fingerprint density at radius 1 is 1.14 bits per heavy atom. The summed E-state index contributed by atoms with van der Waals surface area (Å²) in [4.78, 5) is 18.1. The Balaban J connectivity index is 1.60. The van der Waals surface area contributed by atoms with Gasteiger partial charge in [-0.2, -0.15) is 4.57 Å². The van der Waals surface area contributed by atoms with E-state index in [1.807, 2.05) is 11.5 Å². The summed E-state index contributed by atoms with van der Waals surface area (Å²) in [6.07, 6.45) is 6.41. The van der Waals surface area contributed by atoms with Crippen molar-refractivity contribution in [2.45, 2.75) is 43.7 Å². The predicted octanol–water partition coefficient (Wildman–Crippen LogP) is 4.80. The molecule has 0 fully saturated rings. The zero-order valence-electron chi connectivity index (χ0n) is 20.5. The fourth-order valence-electron chi connectivity index (χ4n) is 4.37. The molecule has 2 aromatic carbocycles. The first-order chi connectivity index (χ1) is 16.9. The summed E-state index contributed by atoms with van der Waals surface area (Å²) >= 11 is 6.75. The SMILES string of the molecule is CCn1c(=O)/c(=C2\Sc3cc(SC)ccc3N2C)s/c1=C\c1scc[n+]1Cc1c(C)cccc1C. The number of thioether (sulfide) groups is 2. The van der Waals surface area contributed by atoms with Crippen LogP contribution in [0.5, 0.6) is 0 Å². The van der Waals surface area contributed by atoms with Crippen LogP contribution in [-0.2, 0) is 13.1 Å². The van der Waals surface area contributed by atoms with Crippen LogP contribution in [0.4, 0.5) is 5.69 Å². The minimum atomic E-state index is 0.0915. The standard InChI is InChI=1S/C27H28N3OS4/c1-6-30-24(15-23-29(12-13-33-23)16-20-17(2)8-7-9-18(20)3)35-25(26(30)31)27-28(4)21-11-10-19(32-5)14-22(21)34-27/h7-15H,6,16H2,1-5H3/q+1/b27-25+. The van der Waals surface area contributed by atoms with Crippen molar-refractivity contribution in [3.63, 3.8) is 0 Å². The van der Waals surface area contributed by atoms with Crippen LogP contribution in [-0.4, -0.2) is 17.9 Å². The normalized spacial score (nSPS) is 15.2. The number of hydrogen-bond donors (Lipinski definition) is 0. The highest BCUT2D eigenvalue weighted by molar-refractivity contribution is 8.08. The van der Waals surface area contributed by atoms with Gasteiger partial charge in [-0.3, -0.25) is 9.36 Å². The van der Waals surface area contributed by atoms with Gasteiger partial charge in [-0.15, -0.1) is 23.1 Å². The minimum absolute atomic E-state index is 0.0915. The molecule has 8 heteroatoms. The van der Waals surface area contributed by atoms with E-state index in [1.165, 1.54) is 26.5 Å². The van der Waals surface area contributed by atoms with Gasteiger partial charge in [0.1, 0.15) is 14.2 Å². The Bertz CT molecular complexity index is 1580. The number of anilines is 1. The molecule has 0 amide bonds. The lowest BCUT2D eigenvalue weighted by atomic mass is 10.0. The molecule has 1 aliphatic rings. The van der Waals surface area contributed by atoms with E-state index >= 15 is 0 Å². The quantitative estimate of drug-likeness (QED) is 0.270. The highest BCUT2D eigenvalue weighted by atomic mass is 32.2. The van der Waals surface area contributed by atoms with Crippen LogP contribution in [0, 0.1) is 13.8 Å². The molecule has 0 spiro atoms. The molecule has 0 bridgehead atoms. The van der Waals surface area contributed by atoms with Crippen LogP contribution in [0.2, 0.25) is 0 Å². The van der Waals surface area contributed by atoms with Gasteiger partial charge < -0.3 is 4.90 Å². The number of hydrogen-bond acceptors (Lipinski definition) is 6. The molecule has 4 nitrogen and oxygen atoms in total. The smallest absolute Gasteiger partial charge is 0.271 e. The predicted molar refractivity (Wildman–Crippen MR) is 152 cm³/mol. The number of thiazole rings is 2. The first-order valence-corrected chi connectivity index (χ1v) is 15.2. The van der Waals surface area contributed by atoms with Gasteiger partial charge in [-0.1, -0.05) is 41.3 Å². The third kappa shape index (κ3) is 4.53. The first kappa shape index (κ1) is 24.4. The molecule has 180 valence electrons. The van der Waals surface area contributed by atoms with Crippen LogP contribution < -0.4 is 24.2 Å². The number of rotatable bonds is 5. The van der Waals surface area contributed by atoms with Gasteiger partial charge in [0.25, 0.3) is 10.6 Å². The monoisotopic (exact) mass is 538 g/mol. The summed E-state index contributed by atoms with van der Waals surface area (Å²) in [5.41, 5.74) is 5.22. The van der Waals surface area contributed by atoms with Gasteiger partial charge in [0.2, 0.25) is 0 Å². The molecular formula is C27H28N3OS4+. The molecule has 0 N–H and O–H groups in total. The molecule has 0 saturated carbocycles. The number of aryl methyl sites for hydroxylation is 2. The van der Waals surface area contributed by atoms with E-state index in [-0.39, 0.29) is 5.56 Å². The molecule has 3 heterocycles. The van der Waals surface area contributed by atoms with E-state index < -0.39 is 0 Å². The maximum absolute atomic E-state index is 13.5.